The highest BCUT2D eigenvalue weighted by molar-refractivity contribution is 5.84. The van der Waals surface area contributed by atoms with Gasteiger partial charge < -0.3 is 5.73 Å². The molecular formula is C14H18N2. The number of hydrogen-bond donors (Lipinski definition) is 1. The molecule has 2 heteroatoms. The van der Waals surface area contributed by atoms with Crippen LogP contribution in [0.25, 0.3) is 10.9 Å². The van der Waals surface area contributed by atoms with E-state index in [0.29, 0.717) is 12.5 Å². The fourth-order valence-corrected chi connectivity index (χ4v) is 1.96. The Kier molecular flexibility index (Phi) is 2.92. The van der Waals surface area contributed by atoms with Gasteiger partial charge in [-0.15, -0.1) is 0 Å². The topological polar surface area (TPSA) is 38.9 Å². The first-order chi connectivity index (χ1) is 7.63. The van der Waals surface area contributed by atoms with Gasteiger partial charge in [0.2, 0.25) is 0 Å². The molecule has 2 N–H and O–H groups in total. The van der Waals surface area contributed by atoms with Gasteiger partial charge in [0.15, 0.2) is 0 Å². The van der Waals surface area contributed by atoms with E-state index < -0.39 is 0 Å². The van der Waals surface area contributed by atoms with Crippen LogP contribution in [0.15, 0.2) is 24.3 Å². The molecule has 84 valence electrons. The number of para-hydroxylation sites is 1. The summed E-state index contributed by atoms with van der Waals surface area (Å²) in [6.45, 7) is 7.00. The third kappa shape index (κ3) is 1.81. The molecule has 0 aliphatic carbocycles. The molecule has 0 aliphatic heterocycles. The lowest BCUT2D eigenvalue weighted by Gasteiger charge is -2.12. The minimum atomic E-state index is 0.322. The van der Waals surface area contributed by atoms with Gasteiger partial charge in [0, 0.05) is 23.5 Å². The summed E-state index contributed by atoms with van der Waals surface area (Å²) in [6.07, 6.45) is 0. The maximum Gasteiger partial charge on any atom is 0.0737 e. The standard InChI is InChI=1S/C14H18N2/c1-9-5-4-6-12-10(2)7-13(11(3)8-15)16-14(9)12/h4-7,11H,8,15H2,1-3H3. The van der Waals surface area contributed by atoms with Crippen LogP contribution in [-0.2, 0) is 0 Å². The lowest BCUT2D eigenvalue weighted by Crippen LogP contribution is -2.10. The van der Waals surface area contributed by atoms with Gasteiger partial charge in [0.05, 0.1) is 5.52 Å². The van der Waals surface area contributed by atoms with Crippen molar-refractivity contribution in [3.05, 3.63) is 41.1 Å². The Morgan fingerprint density at radius 3 is 2.69 bits per heavy atom. The summed E-state index contributed by atoms with van der Waals surface area (Å²) in [5.41, 5.74) is 10.4. The third-order valence-corrected chi connectivity index (χ3v) is 3.13. The summed E-state index contributed by atoms with van der Waals surface area (Å²) < 4.78 is 0. The van der Waals surface area contributed by atoms with Crippen molar-refractivity contribution in [1.29, 1.82) is 0 Å². The van der Waals surface area contributed by atoms with E-state index in [0.717, 1.165) is 11.2 Å². The average Bonchev–Trinajstić information content (AvgIpc) is 2.29. The van der Waals surface area contributed by atoms with E-state index in [9.17, 15) is 0 Å². The SMILES string of the molecule is Cc1cc(C(C)CN)nc2c(C)cccc12. The number of aromatic nitrogens is 1. The van der Waals surface area contributed by atoms with Gasteiger partial charge in [-0.1, -0.05) is 25.1 Å². The molecule has 2 nitrogen and oxygen atoms in total. The zero-order valence-electron chi connectivity index (χ0n) is 10.1. The summed E-state index contributed by atoms with van der Waals surface area (Å²) in [4.78, 5) is 4.73. The van der Waals surface area contributed by atoms with E-state index in [1.54, 1.807) is 0 Å². The maximum atomic E-state index is 5.70. The molecule has 1 heterocycles. The van der Waals surface area contributed by atoms with Crippen LogP contribution in [0.2, 0.25) is 0 Å². The molecule has 2 rings (SSSR count). The zero-order valence-corrected chi connectivity index (χ0v) is 10.1. The number of aryl methyl sites for hydroxylation is 2. The summed E-state index contributed by atoms with van der Waals surface area (Å²) in [5, 5.41) is 1.24. The number of nitrogens with two attached hydrogens (primary N) is 1. The predicted molar refractivity (Wildman–Crippen MR) is 68.7 cm³/mol. The molecule has 0 bridgehead atoms. The van der Waals surface area contributed by atoms with Crippen LogP contribution in [0, 0.1) is 13.8 Å². The van der Waals surface area contributed by atoms with Gasteiger partial charge in [0.25, 0.3) is 0 Å². The lowest BCUT2D eigenvalue weighted by atomic mass is 10.0. The Morgan fingerprint density at radius 2 is 2.00 bits per heavy atom. The van der Waals surface area contributed by atoms with Crippen LogP contribution in [0.5, 0.6) is 0 Å². The Hall–Kier alpha value is -1.41. The number of pyridine rings is 1. The summed E-state index contributed by atoms with van der Waals surface area (Å²) in [5.74, 6) is 0.322. The predicted octanol–water partition coefficient (Wildman–Crippen LogP) is 2.91. The minimum Gasteiger partial charge on any atom is -0.330 e. The van der Waals surface area contributed by atoms with Crippen LogP contribution in [0.1, 0.15) is 29.7 Å². The molecule has 0 saturated heterocycles. The maximum absolute atomic E-state index is 5.70. The molecule has 2 aromatic rings. The number of fused-ring (bicyclic) bond motifs is 1. The molecule has 1 aromatic heterocycles. The number of benzene rings is 1. The molecule has 0 saturated carbocycles. The fraction of sp³-hybridized carbons (Fsp3) is 0.357. The number of nitrogens with zero attached hydrogens (tertiary/aromatic N) is 1. The molecule has 0 fully saturated rings. The van der Waals surface area contributed by atoms with Gasteiger partial charge in [-0.3, -0.25) is 4.98 Å². The molecule has 0 aliphatic rings. The largest absolute Gasteiger partial charge is 0.330 e. The van der Waals surface area contributed by atoms with E-state index in [-0.39, 0.29) is 0 Å². The number of hydrogen-bond acceptors (Lipinski definition) is 2. The molecule has 1 atom stereocenters. The Balaban J connectivity index is 2.70. The summed E-state index contributed by atoms with van der Waals surface area (Å²) >= 11 is 0. The van der Waals surface area contributed by atoms with E-state index in [2.05, 4.69) is 45.0 Å². The molecule has 1 aromatic carbocycles. The Bertz CT molecular complexity index is 517. The molecule has 1 unspecified atom stereocenters. The second-order valence-electron chi connectivity index (χ2n) is 4.47. The zero-order chi connectivity index (χ0) is 11.7. The van der Waals surface area contributed by atoms with Crippen LogP contribution >= 0.6 is 0 Å². The molecular weight excluding hydrogens is 196 g/mol. The normalized spacial score (nSPS) is 13.0. The van der Waals surface area contributed by atoms with Crippen LogP contribution < -0.4 is 5.73 Å². The van der Waals surface area contributed by atoms with Crippen molar-refractivity contribution >= 4 is 10.9 Å². The summed E-state index contributed by atoms with van der Waals surface area (Å²) in [6, 6.07) is 8.46. The van der Waals surface area contributed by atoms with Gasteiger partial charge in [0.1, 0.15) is 0 Å². The van der Waals surface area contributed by atoms with Crippen molar-refractivity contribution in [3.8, 4) is 0 Å². The van der Waals surface area contributed by atoms with Crippen LogP contribution in [0.3, 0.4) is 0 Å². The van der Waals surface area contributed by atoms with E-state index >= 15 is 0 Å². The van der Waals surface area contributed by atoms with Crippen molar-refractivity contribution in [3.63, 3.8) is 0 Å². The fourth-order valence-electron chi connectivity index (χ4n) is 1.96. The van der Waals surface area contributed by atoms with Gasteiger partial charge in [-0.05, 0) is 31.0 Å². The van der Waals surface area contributed by atoms with Crippen LogP contribution in [-0.4, -0.2) is 11.5 Å². The highest BCUT2D eigenvalue weighted by atomic mass is 14.7. The molecule has 16 heavy (non-hydrogen) atoms. The third-order valence-electron chi connectivity index (χ3n) is 3.13. The van der Waals surface area contributed by atoms with E-state index in [4.69, 9.17) is 10.7 Å². The molecule has 0 radical (unpaired) electrons. The molecule has 0 amide bonds. The van der Waals surface area contributed by atoms with Crippen molar-refractivity contribution in [2.75, 3.05) is 6.54 Å². The van der Waals surface area contributed by atoms with Crippen LogP contribution in [0.4, 0.5) is 0 Å². The van der Waals surface area contributed by atoms with Crippen molar-refractivity contribution < 1.29 is 0 Å². The van der Waals surface area contributed by atoms with Crippen molar-refractivity contribution in [1.82, 2.24) is 4.98 Å². The highest BCUT2D eigenvalue weighted by Gasteiger charge is 2.09. The first-order valence-corrected chi connectivity index (χ1v) is 5.70. The van der Waals surface area contributed by atoms with Gasteiger partial charge in [-0.25, -0.2) is 0 Å². The Morgan fingerprint density at radius 1 is 1.25 bits per heavy atom. The van der Waals surface area contributed by atoms with Crippen molar-refractivity contribution in [2.45, 2.75) is 26.7 Å². The van der Waals surface area contributed by atoms with Gasteiger partial charge in [-0.2, -0.15) is 0 Å². The van der Waals surface area contributed by atoms with E-state index in [1.165, 1.54) is 16.5 Å². The monoisotopic (exact) mass is 214 g/mol. The second kappa shape index (κ2) is 4.22. The quantitative estimate of drug-likeness (QED) is 0.834. The Labute approximate surface area is 96.5 Å². The minimum absolute atomic E-state index is 0.322. The summed E-state index contributed by atoms with van der Waals surface area (Å²) in [7, 11) is 0. The van der Waals surface area contributed by atoms with E-state index in [1.807, 2.05) is 0 Å². The highest BCUT2D eigenvalue weighted by Crippen LogP contribution is 2.23. The first kappa shape index (κ1) is 11.1. The average molecular weight is 214 g/mol. The lowest BCUT2D eigenvalue weighted by molar-refractivity contribution is 0.748. The first-order valence-electron chi connectivity index (χ1n) is 5.70. The second-order valence-corrected chi connectivity index (χ2v) is 4.47. The number of rotatable bonds is 2. The van der Waals surface area contributed by atoms with Crippen molar-refractivity contribution in [2.24, 2.45) is 5.73 Å². The smallest absolute Gasteiger partial charge is 0.0737 e. The molecule has 0 spiro atoms. The van der Waals surface area contributed by atoms with Gasteiger partial charge >= 0.3 is 0 Å².